The van der Waals surface area contributed by atoms with E-state index >= 15 is 0 Å². The van der Waals surface area contributed by atoms with Crippen molar-refractivity contribution in [1.29, 1.82) is 0 Å². The Morgan fingerprint density at radius 2 is 1.78 bits per heavy atom. The maximum absolute atomic E-state index is 13.7. The monoisotopic (exact) mass is 549 g/mol. The normalized spacial score (nSPS) is 21.0. The fourth-order valence-corrected chi connectivity index (χ4v) is 7.40. The summed E-state index contributed by atoms with van der Waals surface area (Å²) in [7, 11) is 2.51. The van der Waals surface area contributed by atoms with Crippen LogP contribution in [0.15, 0.2) is 32.2 Å². The van der Waals surface area contributed by atoms with Crippen molar-refractivity contribution in [3.05, 3.63) is 37.8 Å². The van der Waals surface area contributed by atoms with Gasteiger partial charge in [-0.2, -0.15) is 0 Å². The summed E-state index contributed by atoms with van der Waals surface area (Å²) in [5.41, 5.74) is 1.12. The van der Waals surface area contributed by atoms with Gasteiger partial charge in [-0.05, 0) is 51.8 Å². The molecule has 0 unspecified atom stereocenters. The summed E-state index contributed by atoms with van der Waals surface area (Å²) < 4.78 is 21.9. The zero-order valence-electron chi connectivity index (χ0n) is 20.7. The summed E-state index contributed by atoms with van der Waals surface area (Å²) in [5, 5.41) is 0. The molecule has 0 radical (unpaired) electrons. The molecule has 1 atom stereocenters. The maximum Gasteiger partial charge on any atom is 0.346 e. The molecule has 4 rings (SSSR count). The Hall–Kier alpha value is -2.34. The Labute approximate surface area is 223 Å². The molecule has 36 heavy (non-hydrogen) atoms. The molecular formula is C25H27NO7S3. The third-order valence-electron chi connectivity index (χ3n) is 6.10. The van der Waals surface area contributed by atoms with Crippen molar-refractivity contribution < 1.29 is 33.3 Å². The molecule has 1 amide bonds. The number of nitrogens with zero attached hydrogens (tertiary/aromatic N) is 1. The highest BCUT2D eigenvalue weighted by Gasteiger charge is 2.48. The third-order valence-corrected chi connectivity index (χ3v) is 9.36. The molecule has 3 aliphatic heterocycles. The molecule has 1 fully saturated rings. The number of carbonyl (C=O) groups is 3. The number of methoxy groups -OCH3 is 2. The van der Waals surface area contributed by atoms with Crippen molar-refractivity contribution in [2.45, 2.75) is 45.3 Å². The lowest BCUT2D eigenvalue weighted by Gasteiger charge is -2.46. The van der Waals surface area contributed by atoms with Gasteiger partial charge in [0, 0.05) is 17.7 Å². The lowest BCUT2D eigenvalue weighted by atomic mass is 9.82. The molecule has 1 saturated heterocycles. The van der Waals surface area contributed by atoms with Gasteiger partial charge in [-0.15, -0.1) is 0 Å². The van der Waals surface area contributed by atoms with Gasteiger partial charge < -0.3 is 18.9 Å². The number of hydrogen-bond donors (Lipinski definition) is 0. The van der Waals surface area contributed by atoms with Crippen molar-refractivity contribution >= 4 is 69.7 Å². The number of ether oxygens (including phenoxy) is 4. The first-order chi connectivity index (χ1) is 17.1. The van der Waals surface area contributed by atoms with Crippen LogP contribution in [0.25, 0.3) is 5.57 Å². The molecule has 0 bridgehead atoms. The molecule has 3 heterocycles. The highest BCUT2D eigenvalue weighted by atomic mass is 32.2. The van der Waals surface area contributed by atoms with Gasteiger partial charge in [-0.25, -0.2) is 9.59 Å². The average molecular weight is 550 g/mol. The number of anilines is 1. The van der Waals surface area contributed by atoms with Crippen molar-refractivity contribution in [3.8, 4) is 5.75 Å². The number of benzene rings is 1. The van der Waals surface area contributed by atoms with Crippen molar-refractivity contribution in [2.24, 2.45) is 0 Å². The summed E-state index contributed by atoms with van der Waals surface area (Å²) in [5.74, 6) is -0.806. The van der Waals surface area contributed by atoms with E-state index in [4.69, 9.17) is 31.2 Å². The largest absolute Gasteiger partial charge is 0.494 e. The first-order valence-electron chi connectivity index (χ1n) is 11.4. The molecule has 192 valence electrons. The molecule has 0 spiro atoms. The molecule has 0 aromatic heterocycles. The summed E-state index contributed by atoms with van der Waals surface area (Å²) >= 11 is 8.24. The van der Waals surface area contributed by atoms with E-state index in [1.165, 1.54) is 14.2 Å². The van der Waals surface area contributed by atoms with Crippen LogP contribution < -0.4 is 9.64 Å². The molecule has 3 aliphatic rings. The smallest absolute Gasteiger partial charge is 0.346 e. The van der Waals surface area contributed by atoms with E-state index in [0.717, 1.165) is 29.9 Å². The molecule has 0 aliphatic carbocycles. The predicted molar refractivity (Wildman–Crippen MR) is 144 cm³/mol. The van der Waals surface area contributed by atoms with Gasteiger partial charge >= 0.3 is 11.9 Å². The third kappa shape index (κ3) is 4.57. The van der Waals surface area contributed by atoms with Crippen LogP contribution in [-0.4, -0.2) is 61.8 Å². The Balaban J connectivity index is 1.90. The van der Waals surface area contributed by atoms with Gasteiger partial charge in [-0.3, -0.25) is 9.69 Å². The summed E-state index contributed by atoms with van der Waals surface area (Å²) in [6.07, 6.45) is 0.944. The van der Waals surface area contributed by atoms with Crippen LogP contribution in [0, 0.1) is 0 Å². The second-order valence-corrected chi connectivity index (χ2v) is 11.4. The topological polar surface area (TPSA) is 91.4 Å². The van der Waals surface area contributed by atoms with Crippen molar-refractivity contribution in [3.63, 3.8) is 0 Å². The molecule has 1 aromatic rings. The van der Waals surface area contributed by atoms with E-state index in [0.29, 0.717) is 51.3 Å². The van der Waals surface area contributed by atoms with E-state index in [1.807, 2.05) is 39.0 Å². The van der Waals surface area contributed by atoms with Crippen LogP contribution >= 0.6 is 35.7 Å². The molecule has 8 nitrogen and oxygen atoms in total. The van der Waals surface area contributed by atoms with Gasteiger partial charge in [0.2, 0.25) is 0 Å². The predicted octanol–water partition coefficient (Wildman–Crippen LogP) is 4.47. The fourth-order valence-electron chi connectivity index (χ4n) is 4.37. The molecule has 1 aromatic carbocycles. The van der Waals surface area contributed by atoms with Crippen molar-refractivity contribution in [2.75, 3.05) is 32.3 Å². The molecule has 0 saturated carbocycles. The standard InChI is InChI=1S/C25H27NO7S3/c1-6-32-13-9-10-15-14(12-13)17(24-35-18(22(28)30-4)19(36-24)23(29)31-5)20(34)25(2,3)26(15)21(27)16-8-7-11-33-16/h9-10,12,16H,6-8,11H2,1-5H3/t16-/m1/s1. The number of thioether (sulfide) groups is 2. The summed E-state index contributed by atoms with van der Waals surface area (Å²) in [6.45, 7) is 6.68. The zero-order chi connectivity index (χ0) is 26.2. The highest BCUT2D eigenvalue weighted by molar-refractivity contribution is 8.29. The Morgan fingerprint density at radius 3 is 2.31 bits per heavy atom. The molecular weight excluding hydrogens is 522 g/mol. The van der Waals surface area contributed by atoms with Gasteiger partial charge in [0.1, 0.15) is 21.7 Å². The highest BCUT2D eigenvalue weighted by Crippen LogP contribution is 2.56. The number of rotatable bonds is 5. The summed E-state index contributed by atoms with van der Waals surface area (Å²) in [6, 6.07) is 5.50. The summed E-state index contributed by atoms with van der Waals surface area (Å²) in [4.78, 5) is 41.1. The van der Waals surface area contributed by atoms with Crippen LogP contribution in [0.4, 0.5) is 5.69 Å². The van der Waals surface area contributed by atoms with Gasteiger partial charge in [-0.1, -0.05) is 35.7 Å². The van der Waals surface area contributed by atoms with Crippen LogP contribution in [-0.2, 0) is 28.6 Å². The quantitative estimate of drug-likeness (QED) is 0.298. The lowest BCUT2D eigenvalue weighted by Crippen LogP contribution is -2.58. The van der Waals surface area contributed by atoms with Crippen molar-refractivity contribution in [1.82, 2.24) is 0 Å². The number of thiocarbonyl (C=S) groups is 1. The second-order valence-electron chi connectivity index (χ2n) is 8.68. The van der Waals surface area contributed by atoms with Gasteiger partial charge in [0.05, 0.1) is 41.2 Å². The first-order valence-corrected chi connectivity index (χ1v) is 13.5. The number of fused-ring (bicyclic) bond motifs is 1. The lowest BCUT2D eigenvalue weighted by molar-refractivity contribution is -0.138. The second kappa shape index (κ2) is 10.6. The number of esters is 2. The average Bonchev–Trinajstić information content (AvgIpc) is 3.55. The van der Waals surface area contributed by atoms with Crippen LogP contribution in [0.5, 0.6) is 5.75 Å². The number of amides is 1. The number of hydrogen-bond acceptors (Lipinski definition) is 10. The SMILES string of the molecule is CCOc1ccc2c(c1)C(=C1SC(C(=O)OC)=C(C(=O)OC)S1)C(=S)C(C)(C)N2C(=O)[C@H]1CCCO1. The van der Waals surface area contributed by atoms with Crippen LogP contribution in [0.2, 0.25) is 0 Å². The Morgan fingerprint density at radius 1 is 1.14 bits per heavy atom. The van der Waals surface area contributed by atoms with Gasteiger partial charge in [0.25, 0.3) is 5.91 Å². The van der Waals surface area contributed by atoms with E-state index in [2.05, 4.69) is 0 Å². The minimum absolute atomic E-state index is 0.137. The van der Waals surface area contributed by atoms with E-state index in [1.54, 1.807) is 4.90 Å². The Bertz CT molecular complexity index is 1170. The first kappa shape index (κ1) is 26.7. The fraction of sp³-hybridized carbons (Fsp3) is 0.440. The maximum atomic E-state index is 13.7. The minimum Gasteiger partial charge on any atom is -0.494 e. The van der Waals surface area contributed by atoms with E-state index < -0.39 is 23.6 Å². The number of carbonyl (C=O) groups excluding carboxylic acids is 3. The molecule has 0 N–H and O–H groups in total. The van der Waals surface area contributed by atoms with Crippen LogP contribution in [0.3, 0.4) is 0 Å². The van der Waals surface area contributed by atoms with Gasteiger partial charge in [0.15, 0.2) is 0 Å². The Kier molecular flexibility index (Phi) is 7.84. The minimum atomic E-state index is -0.888. The molecule has 11 heteroatoms. The zero-order valence-corrected chi connectivity index (χ0v) is 23.1. The van der Waals surface area contributed by atoms with E-state index in [9.17, 15) is 14.4 Å². The van der Waals surface area contributed by atoms with Crippen LogP contribution in [0.1, 0.15) is 39.2 Å². The van der Waals surface area contributed by atoms with E-state index in [-0.39, 0.29) is 15.7 Å².